The van der Waals surface area contributed by atoms with Crippen molar-refractivity contribution in [2.75, 3.05) is 16.8 Å². The van der Waals surface area contributed by atoms with Crippen molar-refractivity contribution in [1.29, 1.82) is 0 Å². The van der Waals surface area contributed by atoms with Gasteiger partial charge in [-0.05, 0) is 35.0 Å². The molecule has 1 aliphatic heterocycles. The Balaban J connectivity index is 1.62. The van der Waals surface area contributed by atoms with Crippen LogP contribution in [0.2, 0.25) is 0 Å². The van der Waals surface area contributed by atoms with Crippen molar-refractivity contribution in [3.63, 3.8) is 0 Å². The molecule has 5 heteroatoms. The van der Waals surface area contributed by atoms with Crippen molar-refractivity contribution in [3.8, 4) is 5.75 Å². The average Bonchev–Trinajstić information content (AvgIpc) is 2.97. The molecule has 0 aromatic heterocycles. The highest BCUT2D eigenvalue weighted by atomic mass is 16.5. The molecule has 4 rings (SSSR count). The van der Waals surface area contributed by atoms with Gasteiger partial charge >= 0.3 is 5.97 Å². The van der Waals surface area contributed by atoms with Crippen LogP contribution in [-0.2, 0) is 4.79 Å². The maximum absolute atomic E-state index is 11.2. The number of para-hydroxylation sites is 2. The molecule has 0 aliphatic carbocycles. The van der Waals surface area contributed by atoms with E-state index in [1.165, 1.54) is 0 Å². The fourth-order valence-corrected chi connectivity index (χ4v) is 2.91. The van der Waals surface area contributed by atoms with Crippen LogP contribution in [0.4, 0.5) is 11.4 Å². The zero-order valence-corrected chi connectivity index (χ0v) is 13.3. The molecular formula is C20H16N2O3. The molecule has 0 radical (unpaired) electrons. The normalized spacial score (nSPS) is 14.4. The predicted octanol–water partition coefficient (Wildman–Crippen LogP) is 4.03. The number of nitrogens with zero attached hydrogens (tertiary/aromatic N) is 1. The van der Waals surface area contributed by atoms with Gasteiger partial charge in [-0.15, -0.1) is 0 Å². The van der Waals surface area contributed by atoms with Gasteiger partial charge in [-0.1, -0.05) is 42.5 Å². The maximum Gasteiger partial charge on any atom is 0.323 e. The standard InChI is InChI=1S/C20H16N2O3/c23-20(24)12-22-18-8-4-3-7-17(18)21-19(22)13-25-16-10-9-14-5-1-2-6-15(14)11-16/h1-11,13,21H,12H2,(H,23,24). The van der Waals surface area contributed by atoms with Gasteiger partial charge in [0.1, 0.15) is 24.4 Å². The number of anilines is 2. The van der Waals surface area contributed by atoms with E-state index in [9.17, 15) is 9.90 Å². The minimum absolute atomic E-state index is 0.142. The molecular weight excluding hydrogens is 316 g/mol. The molecule has 2 N–H and O–H groups in total. The summed E-state index contributed by atoms with van der Waals surface area (Å²) in [6, 6.07) is 21.4. The van der Waals surface area contributed by atoms with Crippen LogP contribution in [0.5, 0.6) is 5.75 Å². The third-order valence-electron chi connectivity index (χ3n) is 4.07. The number of ether oxygens (including phenoxy) is 1. The summed E-state index contributed by atoms with van der Waals surface area (Å²) < 4.78 is 5.78. The molecule has 0 atom stereocenters. The molecule has 1 aliphatic rings. The van der Waals surface area contributed by atoms with E-state index < -0.39 is 5.97 Å². The summed E-state index contributed by atoms with van der Waals surface area (Å²) in [6.07, 6.45) is 1.55. The summed E-state index contributed by atoms with van der Waals surface area (Å²) in [6.45, 7) is -0.142. The second-order valence-electron chi connectivity index (χ2n) is 5.75. The zero-order valence-electron chi connectivity index (χ0n) is 13.3. The molecule has 25 heavy (non-hydrogen) atoms. The van der Waals surface area contributed by atoms with Crippen molar-refractivity contribution in [3.05, 3.63) is 78.8 Å². The molecule has 3 aromatic carbocycles. The van der Waals surface area contributed by atoms with E-state index in [-0.39, 0.29) is 6.54 Å². The minimum atomic E-state index is -0.907. The Hall–Kier alpha value is -3.47. The summed E-state index contributed by atoms with van der Waals surface area (Å²) in [5.74, 6) is 0.381. The Morgan fingerprint density at radius 2 is 1.80 bits per heavy atom. The first-order valence-corrected chi connectivity index (χ1v) is 7.92. The third kappa shape index (κ3) is 2.99. The number of fused-ring (bicyclic) bond motifs is 2. The smallest absolute Gasteiger partial charge is 0.323 e. The number of nitrogens with one attached hydrogen (secondary N) is 1. The Bertz CT molecular complexity index is 981. The Labute approximate surface area is 144 Å². The molecule has 0 fully saturated rings. The number of carboxylic acids is 1. The van der Waals surface area contributed by atoms with Crippen LogP contribution >= 0.6 is 0 Å². The van der Waals surface area contributed by atoms with Crippen LogP contribution in [0.3, 0.4) is 0 Å². The fourth-order valence-electron chi connectivity index (χ4n) is 2.91. The highest BCUT2D eigenvalue weighted by Crippen LogP contribution is 2.35. The van der Waals surface area contributed by atoms with E-state index in [1.807, 2.05) is 66.7 Å². The lowest BCUT2D eigenvalue weighted by Gasteiger charge is -2.17. The second kappa shape index (κ2) is 6.20. The molecule has 0 saturated carbocycles. The van der Waals surface area contributed by atoms with Gasteiger partial charge in [0.2, 0.25) is 0 Å². The number of hydrogen-bond donors (Lipinski definition) is 2. The van der Waals surface area contributed by atoms with Gasteiger partial charge in [0.15, 0.2) is 0 Å². The van der Waals surface area contributed by atoms with Crippen LogP contribution in [0, 0.1) is 0 Å². The molecule has 0 saturated heterocycles. The number of carbonyl (C=O) groups is 1. The van der Waals surface area contributed by atoms with Gasteiger partial charge in [0.05, 0.1) is 11.4 Å². The van der Waals surface area contributed by atoms with E-state index in [4.69, 9.17) is 4.74 Å². The molecule has 0 unspecified atom stereocenters. The Morgan fingerprint density at radius 1 is 1.04 bits per heavy atom. The van der Waals surface area contributed by atoms with Gasteiger partial charge in [0, 0.05) is 0 Å². The van der Waals surface area contributed by atoms with Gasteiger partial charge in [-0.2, -0.15) is 0 Å². The number of benzene rings is 3. The molecule has 0 spiro atoms. The highest BCUT2D eigenvalue weighted by Gasteiger charge is 2.25. The quantitative estimate of drug-likeness (QED) is 0.706. The minimum Gasteiger partial charge on any atom is -0.480 e. The van der Waals surface area contributed by atoms with Crippen molar-refractivity contribution in [2.24, 2.45) is 0 Å². The fraction of sp³-hybridized carbons (Fsp3) is 0.0500. The zero-order chi connectivity index (χ0) is 17.2. The lowest BCUT2D eigenvalue weighted by Crippen LogP contribution is -2.28. The summed E-state index contributed by atoms with van der Waals surface area (Å²) in [5.41, 5.74) is 1.68. The van der Waals surface area contributed by atoms with Crippen LogP contribution < -0.4 is 15.0 Å². The molecule has 124 valence electrons. The van der Waals surface area contributed by atoms with Gasteiger partial charge < -0.3 is 20.1 Å². The molecule has 0 amide bonds. The van der Waals surface area contributed by atoms with Crippen molar-refractivity contribution >= 4 is 28.1 Å². The lowest BCUT2D eigenvalue weighted by atomic mass is 10.1. The Kier molecular flexibility index (Phi) is 3.74. The topological polar surface area (TPSA) is 61.8 Å². The first-order chi connectivity index (χ1) is 12.2. The van der Waals surface area contributed by atoms with Crippen molar-refractivity contribution < 1.29 is 14.6 Å². The van der Waals surface area contributed by atoms with Gasteiger partial charge in [-0.25, -0.2) is 0 Å². The largest absolute Gasteiger partial charge is 0.480 e. The van der Waals surface area contributed by atoms with E-state index in [2.05, 4.69) is 5.32 Å². The van der Waals surface area contributed by atoms with Gasteiger partial charge in [0.25, 0.3) is 0 Å². The molecule has 0 bridgehead atoms. The predicted molar refractivity (Wildman–Crippen MR) is 97.7 cm³/mol. The Morgan fingerprint density at radius 3 is 2.64 bits per heavy atom. The number of aliphatic carboxylic acids is 1. The van der Waals surface area contributed by atoms with E-state index in [1.54, 1.807) is 11.2 Å². The van der Waals surface area contributed by atoms with Crippen LogP contribution in [0.1, 0.15) is 0 Å². The summed E-state index contributed by atoms with van der Waals surface area (Å²) in [7, 11) is 0. The second-order valence-corrected chi connectivity index (χ2v) is 5.75. The SMILES string of the molecule is O=C(O)CN1C(=COc2ccc3ccccc3c2)Nc2ccccc21. The van der Waals surface area contributed by atoms with E-state index in [0.717, 1.165) is 22.1 Å². The number of rotatable bonds is 4. The van der Waals surface area contributed by atoms with Crippen molar-refractivity contribution in [2.45, 2.75) is 0 Å². The first-order valence-electron chi connectivity index (χ1n) is 7.92. The van der Waals surface area contributed by atoms with Crippen LogP contribution in [0.15, 0.2) is 78.8 Å². The van der Waals surface area contributed by atoms with Crippen LogP contribution in [0.25, 0.3) is 10.8 Å². The lowest BCUT2D eigenvalue weighted by molar-refractivity contribution is -0.135. The van der Waals surface area contributed by atoms with Crippen LogP contribution in [-0.4, -0.2) is 17.6 Å². The highest BCUT2D eigenvalue weighted by molar-refractivity contribution is 5.86. The first kappa shape index (κ1) is 15.1. The number of carboxylic acid groups (broad SMARTS) is 1. The summed E-state index contributed by atoms with van der Waals surface area (Å²) >= 11 is 0. The molecule has 5 nitrogen and oxygen atoms in total. The monoisotopic (exact) mass is 332 g/mol. The van der Waals surface area contributed by atoms with Gasteiger partial charge in [-0.3, -0.25) is 4.79 Å². The van der Waals surface area contributed by atoms with E-state index >= 15 is 0 Å². The third-order valence-corrected chi connectivity index (χ3v) is 4.07. The summed E-state index contributed by atoms with van der Waals surface area (Å²) in [4.78, 5) is 12.9. The van der Waals surface area contributed by atoms with Crippen molar-refractivity contribution in [1.82, 2.24) is 0 Å². The number of hydrogen-bond acceptors (Lipinski definition) is 4. The molecule has 3 aromatic rings. The van der Waals surface area contributed by atoms with E-state index in [0.29, 0.717) is 11.6 Å². The summed E-state index contributed by atoms with van der Waals surface area (Å²) in [5, 5.41) is 14.6. The maximum atomic E-state index is 11.2. The average molecular weight is 332 g/mol. The molecule has 1 heterocycles.